The van der Waals surface area contributed by atoms with E-state index in [0.29, 0.717) is 0 Å². The molecule has 0 fully saturated rings. The molecule has 0 heterocycles. The molecule has 4 N–H and O–H groups in total. The van der Waals surface area contributed by atoms with Crippen molar-refractivity contribution in [1.82, 2.24) is 0 Å². The van der Waals surface area contributed by atoms with Crippen LogP contribution in [0.1, 0.15) is 23.2 Å². The second kappa shape index (κ2) is 7.46. The van der Waals surface area contributed by atoms with Gasteiger partial charge in [0.2, 0.25) is 0 Å². The topological polar surface area (TPSA) is 70.5 Å². The van der Waals surface area contributed by atoms with Gasteiger partial charge in [-0.15, -0.1) is 0 Å². The molecule has 0 aromatic heterocycles. The van der Waals surface area contributed by atoms with Crippen molar-refractivity contribution in [2.45, 2.75) is 12.1 Å². The molecule has 0 radical (unpaired) electrons. The van der Waals surface area contributed by atoms with Crippen LogP contribution in [0.15, 0.2) is 45.3 Å². The van der Waals surface area contributed by atoms with Crippen LogP contribution in [0.4, 0.5) is 0 Å². The zero-order chi connectivity index (χ0) is 16.3. The van der Waals surface area contributed by atoms with Crippen molar-refractivity contribution >= 4 is 31.9 Å². The third-order valence-corrected chi connectivity index (χ3v) is 4.89. The van der Waals surface area contributed by atoms with E-state index in [0.717, 1.165) is 31.6 Å². The minimum Gasteiger partial charge on any atom is -0.497 e. The first kappa shape index (κ1) is 17.3. The maximum atomic E-state index is 6.35. The number of rotatable bonds is 5. The summed E-state index contributed by atoms with van der Waals surface area (Å²) in [6, 6.07) is 10.6. The Morgan fingerprint density at radius 3 is 1.41 bits per heavy atom. The summed E-state index contributed by atoms with van der Waals surface area (Å²) in [4.78, 5) is 0. The van der Waals surface area contributed by atoms with Crippen molar-refractivity contribution in [2.24, 2.45) is 11.5 Å². The van der Waals surface area contributed by atoms with E-state index >= 15 is 0 Å². The molecule has 4 nitrogen and oxygen atoms in total. The third kappa shape index (κ3) is 3.63. The van der Waals surface area contributed by atoms with Gasteiger partial charge in [0.25, 0.3) is 0 Å². The van der Waals surface area contributed by atoms with Crippen molar-refractivity contribution in [1.29, 1.82) is 0 Å². The van der Waals surface area contributed by atoms with Gasteiger partial charge in [-0.05, 0) is 35.4 Å². The van der Waals surface area contributed by atoms with Crippen molar-refractivity contribution in [3.63, 3.8) is 0 Å². The van der Waals surface area contributed by atoms with Crippen molar-refractivity contribution in [3.05, 3.63) is 56.5 Å². The molecule has 0 saturated heterocycles. The second-order valence-corrected chi connectivity index (χ2v) is 6.54. The fourth-order valence-corrected chi connectivity index (χ4v) is 3.44. The summed E-state index contributed by atoms with van der Waals surface area (Å²) in [5.74, 6) is 1.53. The summed E-state index contributed by atoms with van der Waals surface area (Å²) in [6.45, 7) is 0. The van der Waals surface area contributed by atoms with Gasteiger partial charge in [0.1, 0.15) is 11.5 Å². The lowest BCUT2D eigenvalue weighted by Gasteiger charge is -2.23. The molecule has 22 heavy (non-hydrogen) atoms. The Kier molecular flexibility index (Phi) is 5.86. The molecule has 6 heteroatoms. The van der Waals surface area contributed by atoms with Crippen LogP contribution in [-0.4, -0.2) is 14.2 Å². The molecule has 0 spiro atoms. The van der Waals surface area contributed by atoms with Crippen LogP contribution in [0.3, 0.4) is 0 Å². The molecule has 0 saturated carbocycles. The van der Waals surface area contributed by atoms with Crippen LogP contribution in [0.2, 0.25) is 0 Å². The molecule has 0 unspecified atom stereocenters. The van der Waals surface area contributed by atoms with Crippen LogP contribution in [0.25, 0.3) is 0 Å². The lowest BCUT2D eigenvalue weighted by molar-refractivity contribution is 0.413. The highest BCUT2D eigenvalue weighted by molar-refractivity contribution is 9.10. The largest absolute Gasteiger partial charge is 0.497 e. The molecule has 2 aromatic rings. The van der Waals surface area contributed by atoms with Gasteiger partial charge in [-0.1, -0.05) is 44.0 Å². The minimum absolute atomic E-state index is 0.357. The molecule has 2 aromatic carbocycles. The number of benzene rings is 2. The second-order valence-electron chi connectivity index (χ2n) is 4.83. The van der Waals surface area contributed by atoms with Crippen LogP contribution in [0.5, 0.6) is 11.5 Å². The SMILES string of the molecule is COc1ccc([C@@H](N)[C@@H](N)c2ccc(OC)cc2Br)c(Br)c1. The van der Waals surface area contributed by atoms with Crippen molar-refractivity contribution in [2.75, 3.05) is 14.2 Å². The fraction of sp³-hybridized carbons (Fsp3) is 0.250. The Morgan fingerprint density at radius 2 is 1.14 bits per heavy atom. The van der Waals surface area contributed by atoms with E-state index in [2.05, 4.69) is 31.9 Å². The zero-order valence-corrected chi connectivity index (χ0v) is 15.5. The van der Waals surface area contributed by atoms with E-state index in [1.54, 1.807) is 14.2 Å². The normalized spacial score (nSPS) is 13.5. The van der Waals surface area contributed by atoms with Gasteiger partial charge in [-0.25, -0.2) is 0 Å². The standard InChI is InChI=1S/C16H18Br2N2O2/c1-21-9-3-5-11(13(17)7-9)15(19)16(20)12-6-4-10(22-2)8-14(12)18/h3-8,15-16H,19-20H2,1-2H3/t15-,16+. The summed E-state index contributed by atoms with van der Waals surface area (Å²) >= 11 is 7.05. The van der Waals surface area contributed by atoms with Crippen molar-refractivity contribution < 1.29 is 9.47 Å². The summed E-state index contributed by atoms with van der Waals surface area (Å²) < 4.78 is 12.1. The minimum atomic E-state index is -0.357. The van der Waals surface area contributed by atoms with Crippen LogP contribution >= 0.6 is 31.9 Å². The number of ether oxygens (including phenoxy) is 2. The first-order valence-corrected chi connectivity index (χ1v) is 8.24. The lowest BCUT2D eigenvalue weighted by atomic mass is 9.95. The van der Waals surface area contributed by atoms with Gasteiger partial charge in [-0.3, -0.25) is 0 Å². The Hall–Kier alpha value is -1.08. The highest BCUT2D eigenvalue weighted by Gasteiger charge is 2.22. The first-order valence-electron chi connectivity index (χ1n) is 6.66. The van der Waals surface area contributed by atoms with Gasteiger partial charge < -0.3 is 20.9 Å². The number of hydrogen-bond acceptors (Lipinski definition) is 4. The monoisotopic (exact) mass is 428 g/mol. The highest BCUT2D eigenvalue weighted by Crippen LogP contribution is 2.35. The number of nitrogens with two attached hydrogens (primary N) is 2. The number of methoxy groups -OCH3 is 2. The van der Waals surface area contributed by atoms with Gasteiger partial charge in [0, 0.05) is 8.95 Å². The molecule has 2 atom stereocenters. The Morgan fingerprint density at radius 1 is 0.773 bits per heavy atom. The molecule has 0 amide bonds. The summed E-state index contributed by atoms with van der Waals surface area (Å²) in [5.41, 5.74) is 14.6. The molecule has 2 rings (SSSR count). The Balaban J connectivity index is 2.30. The Bertz CT molecular complexity index is 607. The number of hydrogen-bond donors (Lipinski definition) is 2. The van der Waals surface area contributed by atoms with Gasteiger partial charge in [-0.2, -0.15) is 0 Å². The predicted molar refractivity (Wildman–Crippen MR) is 95.2 cm³/mol. The van der Waals surface area contributed by atoms with E-state index in [-0.39, 0.29) is 12.1 Å². The predicted octanol–water partition coefficient (Wildman–Crippen LogP) is 3.93. The highest BCUT2D eigenvalue weighted by atomic mass is 79.9. The van der Waals surface area contributed by atoms with Crippen LogP contribution in [0, 0.1) is 0 Å². The number of halogens is 2. The third-order valence-electron chi connectivity index (χ3n) is 3.52. The van der Waals surface area contributed by atoms with Gasteiger partial charge in [0.15, 0.2) is 0 Å². The fourth-order valence-electron chi connectivity index (χ4n) is 2.20. The maximum absolute atomic E-state index is 6.35. The van der Waals surface area contributed by atoms with Crippen LogP contribution in [-0.2, 0) is 0 Å². The summed E-state index contributed by atoms with van der Waals surface area (Å²) in [7, 11) is 3.25. The average molecular weight is 430 g/mol. The van der Waals surface area contributed by atoms with E-state index in [4.69, 9.17) is 20.9 Å². The lowest BCUT2D eigenvalue weighted by Crippen LogP contribution is -2.27. The van der Waals surface area contributed by atoms with E-state index < -0.39 is 0 Å². The van der Waals surface area contributed by atoms with Crippen molar-refractivity contribution in [3.8, 4) is 11.5 Å². The summed E-state index contributed by atoms with van der Waals surface area (Å²) in [6.07, 6.45) is 0. The average Bonchev–Trinajstić information content (AvgIpc) is 2.53. The van der Waals surface area contributed by atoms with E-state index in [1.165, 1.54) is 0 Å². The molecule has 0 aliphatic heterocycles. The van der Waals surface area contributed by atoms with Gasteiger partial charge in [0.05, 0.1) is 26.3 Å². The molecule has 0 bridgehead atoms. The van der Waals surface area contributed by atoms with E-state index in [9.17, 15) is 0 Å². The molecule has 118 valence electrons. The van der Waals surface area contributed by atoms with E-state index in [1.807, 2.05) is 36.4 Å². The maximum Gasteiger partial charge on any atom is 0.120 e. The first-order chi connectivity index (χ1) is 10.5. The smallest absolute Gasteiger partial charge is 0.120 e. The van der Waals surface area contributed by atoms with Gasteiger partial charge >= 0.3 is 0 Å². The quantitative estimate of drug-likeness (QED) is 0.755. The molecule has 0 aliphatic rings. The summed E-state index contributed by atoms with van der Waals surface area (Å²) in [5, 5.41) is 0. The Labute approximate surface area is 147 Å². The van der Waals surface area contributed by atoms with Crippen LogP contribution < -0.4 is 20.9 Å². The molecule has 0 aliphatic carbocycles. The molecular weight excluding hydrogens is 412 g/mol. The zero-order valence-electron chi connectivity index (χ0n) is 12.3. The molecular formula is C16H18Br2N2O2.